The molecule has 1 rings (SSSR count). The van der Waals surface area contributed by atoms with Gasteiger partial charge in [0.1, 0.15) is 0 Å². The van der Waals surface area contributed by atoms with Crippen LogP contribution in [0.3, 0.4) is 0 Å². The number of hydrogen-bond donors (Lipinski definition) is 3. The van der Waals surface area contributed by atoms with Crippen molar-refractivity contribution >= 4 is 18.3 Å². The number of aliphatic hydroxyl groups excluding tert-OH is 1. The third-order valence-electron chi connectivity index (χ3n) is 2.94. The highest BCUT2D eigenvalue weighted by Crippen LogP contribution is 2.08. The minimum atomic E-state index is -0.313. The number of nitrogens with one attached hydrogen (secondary N) is 2. The van der Waals surface area contributed by atoms with Gasteiger partial charge >= 0.3 is 0 Å². The molecule has 0 aromatic heterocycles. The largest absolute Gasteiger partial charge is 0.393 e. The van der Waals surface area contributed by atoms with Crippen LogP contribution >= 0.6 is 12.4 Å². The molecule has 1 amide bonds. The number of aliphatic hydroxyl groups is 1. The van der Waals surface area contributed by atoms with Crippen LogP contribution in [0.2, 0.25) is 0 Å². The zero-order valence-corrected chi connectivity index (χ0v) is 10.8. The molecule has 1 heterocycles. The quantitative estimate of drug-likeness (QED) is 0.668. The summed E-state index contributed by atoms with van der Waals surface area (Å²) < 4.78 is 0. The summed E-state index contributed by atoms with van der Waals surface area (Å²) in [5, 5.41) is 15.6. The summed E-state index contributed by atoms with van der Waals surface area (Å²) in [7, 11) is 0. The standard InChI is InChI=1S/C11H22N2O2.ClH/c1-8(2)10(14)4-6-13-11(15)9-3-5-12-7-9;/h8-10,12,14H,3-7H2,1-2H3,(H,13,15);1H. The van der Waals surface area contributed by atoms with E-state index in [4.69, 9.17) is 0 Å². The van der Waals surface area contributed by atoms with Gasteiger partial charge in [0.05, 0.1) is 12.0 Å². The number of hydrogen-bond acceptors (Lipinski definition) is 3. The molecule has 1 aliphatic heterocycles. The fraction of sp³-hybridized carbons (Fsp3) is 0.909. The van der Waals surface area contributed by atoms with E-state index >= 15 is 0 Å². The second-order valence-electron chi connectivity index (χ2n) is 4.58. The molecule has 0 spiro atoms. The molecule has 0 radical (unpaired) electrons. The number of halogens is 1. The minimum Gasteiger partial charge on any atom is -0.393 e. The Morgan fingerprint density at radius 2 is 2.25 bits per heavy atom. The van der Waals surface area contributed by atoms with Gasteiger partial charge in [-0.15, -0.1) is 12.4 Å². The van der Waals surface area contributed by atoms with E-state index in [0.717, 1.165) is 19.5 Å². The molecular formula is C11H23ClN2O2. The Morgan fingerprint density at radius 1 is 1.56 bits per heavy atom. The first-order valence-corrected chi connectivity index (χ1v) is 5.77. The van der Waals surface area contributed by atoms with Gasteiger partial charge in [-0.2, -0.15) is 0 Å². The Labute approximate surface area is 104 Å². The number of carbonyl (C=O) groups excluding carboxylic acids is 1. The molecule has 16 heavy (non-hydrogen) atoms. The lowest BCUT2D eigenvalue weighted by atomic mass is 10.0. The van der Waals surface area contributed by atoms with Crippen LogP contribution < -0.4 is 10.6 Å². The van der Waals surface area contributed by atoms with E-state index in [2.05, 4.69) is 10.6 Å². The summed E-state index contributed by atoms with van der Waals surface area (Å²) in [6, 6.07) is 0. The third kappa shape index (κ3) is 5.14. The fourth-order valence-corrected chi connectivity index (χ4v) is 1.70. The summed E-state index contributed by atoms with van der Waals surface area (Å²) in [5.41, 5.74) is 0. The minimum absolute atomic E-state index is 0. The van der Waals surface area contributed by atoms with Crippen LogP contribution in [-0.2, 0) is 4.79 Å². The van der Waals surface area contributed by atoms with Crippen molar-refractivity contribution in [1.29, 1.82) is 0 Å². The molecule has 0 aliphatic carbocycles. The lowest BCUT2D eigenvalue weighted by Crippen LogP contribution is -2.34. The van der Waals surface area contributed by atoms with E-state index in [9.17, 15) is 9.90 Å². The number of amides is 1. The van der Waals surface area contributed by atoms with Gasteiger partial charge in [-0.05, 0) is 25.3 Å². The van der Waals surface area contributed by atoms with Gasteiger partial charge < -0.3 is 15.7 Å². The molecule has 2 unspecified atom stereocenters. The van der Waals surface area contributed by atoms with Gasteiger partial charge in [0.25, 0.3) is 0 Å². The second-order valence-corrected chi connectivity index (χ2v) is 4.58. The number of rotatable bonds is 5. The van der Waals surface area contributed by atoms with Crippen LogP contribution in [0.4, 0.5) is 0 Å². The van der Waals surface area contributed by atoms with Gasteiger partial charge in [0.2, 0.25) is 5.91 Å². The van der Waals surface area contributed by atoms with Crippen LogP contribution in [0, 0.1) is 11.8 Å². The fourth-order valence-electron chi connectivity index (χ4n) is 1.70. The Balaban J connectivity index is 0.00000225. The van der Waals surface area contributed by atoms with Crippen molar-refractivity contribution < 1.29 is 9.90 Å². The molecule has 4 nitrogen and oxygen atoms in total. The molecule has 0 bridgehead atoms. The highest BCUT2D eigenvalue weighted by Gasteiger charge is 2.21. The van der Waals surface area contributed by atoms with Crippen molar-refractivity contribution in [3.05, 3.63) is 0 Å². The molecule has 1 fully saturated rings. The molecule has 0 aromatic carbocycles. The van der Waals surface area contributed by atoms with Crippen molar-refractivity contribution in [2.45, 2.75) is 32.8 Å². The molecule has 2 atom stereocenters. The second kappa shape index (κ2) is 7.87. The summed E-state index contributed by atoms with van der Waals surface area (Å²) in [6.07, 6.45) is 1.26. The van der Waals surface area contributed by atoms with Gasteiger partial charge in [0, 0.05) is 13.1 Å². The summed E-state index contributed by atoms with van der Waals surface area (Å²) in [5.74, 6) is 0.507. The van der Waals surface area contributed by atoms with E-state index in [1.54, 1.807) is 0 Å². The smallest absolute Gasteiger partial charge is 0.224 e. The Morgan fingerprint density at radius 3 is 2.75 bits per heavy atom. The zero-order valence-electron chi connectivity index (χ0n) is 10.0. The summed E-state index contributed by atoms with van der Waals surface area (Å²) in [4.78, 5) is 11.6. The maximum atomic E-state index is 11.6. The van der Waals surface area contributed by atoms with Crippen molar-refractivity contribution in [2.75, 3.05) is 19.6 Å². The summed E-state index contributed by atoms with van der Waals surface area (Å²) in [6.45, 7) is 6.26. The first-order chi connectivity index (χ1) is 7.11. The van der Waals surface area contributed by atoms with Gasteiger partial charge in [-0.1, -0.05) is 13.8 Å². The van der Waals surface area contributed by atoms with Gasteiger partial charge in [-0.25, -0.2) is 0 Å². The van der Waals surface area contributed by atoms with Crippen LogP contribution in [-0.4, -0.2) is 36.8 Å². The summed E-state index contributed by atoms with van der Waals surface area (Å²) >= 11 is 0. The van der Waals surface area contributed by atoms with Crippen LogP contribution in [0.25, 0.3) is 0 Å². The van der Waals surface area contributed by atoms with Crippen molar-refractivity contribution in [3.8, 4) is 0 Å². The average molecular weight is 251 g/mol. The highest BCUT2D eigenvalue weighted by molar-refractivity contribution is 5.85. The van der Waals surface area contributed by atoms with Crippen LogP contribution in [0.1, 0.15) is 26.7 Å². The van der Waals surface area contributed by atoms with Crippen molar-refractivity contribution in [1.82, 2.24) is 10.6 Å². The Kier molecular flexibility index (Phi) is 7.72. The topological polar surface area (TPSA) is 61.4 Å². The van der Waals surface area contributed by atoms with Gasteiger partial charge in [-0.3, -0.25) is 4.79 Å². The predicted molar refractivity (Wildman–Crippen MR) is 66.7 cm³/mol. The monoisotopic (exact) mass is 250 g/mol. The normalized spacial score (nSPS) is 21.6. The Hall–Kier alpha value is -0.320. The van der Waals surface area contributed by atoms with Crippen LogP contribution in [0.15, 0.2) is 0 Å². The predicted octanol–water partition coefficient (Wildman–Crippen LogP) is 0.541. The van der Waals surface area contributed by atoms with Crippen LogP contribution in [0.5, 0.6) is 0 Å². The third-order valence-corrected chi connectivity index (χ3v) is 2.94. The molecule has 0 saturated carbocycles. The Bertz CT molecular complexity index is 206. The van der Waals surface area contributed by atoms with Gasteiger partial charge in [0.15, 0.2) is 0 Å². The molecule has 96 valence electrons. The van der Waals surface area contributed by atoms with Crippen molar-refractivity contribution in [2.24, 2.45) is 11.8 Å². The van der Waals surface area contributed by atoms with E-state index in [-0.39, 0.29) is 36.3 Å². The highest BCUT2D eigenvalue weighted by atomic mass is 35.5. The van der Waals surface area contributed by atoms with E-state index in [1.165, 1.54) is 0 Å². The molecular weight excluding hydrogens is 228 g/mol. The molecule has 5 heteroatoms. The molecule has 0 aromatic rings. The first kappa shape index (κ1) is 15.7. The number of carbonyl (C=O) groups is 1. The SMILES string of the molecule is CC(C)C(O)CCNC(=O)C1CCNC1.Cl. The molecule has 3 N–H and O–H groups in total. The first-order valence-electron chi connectivity index (χ1n) is 5.77. The lowest BCUT2D eigenvalue weighted by molar-refractivity contribution is -0.124. The zero-order chi connectivity index (χ0) is 11.3. The average Bonchev–Trinajstić information content (AvgIpc) is 2.70. The van der Waals surface area contributed by atoms with Crippen molar-refractivity contribution in [3.63, 3.8) is 0 Å². The molecule has 1 aliphatic rings. The lowest BCUT2D eigenvalue weighted by Gasteiger charge is -2.15. The van der Waals surface area contributed by atoms with E-state index < -0.39 is 0 Å². The maximum absolute atomic E-state index is 11.6. The van der Waals surface area contributed by atoms with E-state index in [0.29, 0.717) is 13.0 Å². The van der Waals surface area contributed by atoms with E-state index in [1.807, 2.05) is 13.8 Å². The molecule has 1 saturated heterocycles. The maximum Gasteiger partial charge on any atom is 0.224 e.